The van der Waals surface area contributed by atoms with E-state index >= 15 is 0 Å². The summed E-state index contributed by atoms with van der Waals surface area (Å²) < 4.78 is 44.5. The Bertz CT molecular complexity index is 1070. The van der Waals surface area contributed by atoms with Crippen molar-refractivity contribution < 1.29 is 32.1 Å². The minimum Gasteiger partial charge on any atom is -0.454 e. The van der Waals surface area contributed by atoms with Crippen molar-refractivity contribution in [1.29, 1.82) is 0 Å². The first kappa shape index (κ1) is 22.9. The Kier molecular flexibility index (Phi) is 7.19. The average Bonchev–Trinajstić information content (AvgIpc) is 2.67. The van der Waals surface area contributed by atoms with E-state index in [0.717, 1.165) is 17.7 Å². The predicted octanol–water partition coefficient (Wildman–Crippen LogP) is 1.89. The summed E-state index contributed by atoms with van der Waals surface area (Å²) in [6.45, 7) is 2.19. The number of amides is 1. The van der Waals surface area contributed by atoms with Gasteiger partial charge in [0.25, 0.3) is 11.6 Å². The highest BCUT2D eigenvalue weighted by atomic mass is 32.2. The maximum Gasteiger partial charge on any atom is 0.324 e. The van der Waals surface area contributed by atoms with Crippen molar-refractivity contribution in [3.63, 3.8) is 0 Å². The third-order valence-corrected chi connectivity index (χ3v) is 5.35. The number of halogens is 1. The van der Waals surface area contributed by atoms with Crippen LogP contribution in [0, 0.1) is 22.9 Å². The fraction of sp³-hybridized carbons (Fsp3) is 0.222. The Hall–Kier alpha value is -3.38. The van der Waals surface area contributed by atoms with Gasteiger partial charge >= 0.3 is 5.97 Å². The van der Waals surface area contributed by atoms with Crippen LogP contribution >= 0.6 is 0 Å². The van der Waals surface area contributed by atoms with Gasteiger partial charge in [-0.15, -0.1) is 0 Å². The van der Waals surface area contributed by atoms with E-state index in [2.05, 4.69) is 10.0 Å². The lowest BCUT2D eigenvalue weighted by Gasteiger charge is -2.14. The molecule has 0 aliphatic rings. The summed E-state index contributed by atoms with van der Waals surface area (Å²) in [5.41, 5.74) is -0.0988. The van der Waals surface area contributed by atoms with Crippen LogP contribution in [0.5, 0.6) is 0 Å². The summed E-state index contributed by atoms with van der Waals surface area (Å²) in [7, 11) is -3.99. The minimum absolute atomic E-state index is 0.0471. The molecule has 2 rings (SSSR count). The van der Waals surface area contributed by atoms with Crippen molar-refractivity contribution >= 4 is 33.3 Å². The fourth-order valence-electron chi connectivity index (χ4n) is 2.28. The van der Waals surface area contributed by atoms with Crippen molar-refractivity contribution in [2.24, 2.45) is 0 Å². The molecule has 2 aromatic carbocycles. The van der Waals surface area contributed by atoms with Crippen LogP contribution < -0.4 is 10.0 Å². The molecule has 0 saturated carbocycles. The Morgan fingerprint density at radius 1 is 1.20 bits per heavy atom. The van der Waals surface area contributed by atoms with Crippen molar-refractivity contribution in [3.05, 3.63) is 64.0 Å². The Morgan fingerprint density at radius 3 is 2.43 bits per heavy atom. The van der Waals surface area contributed by atoms with Crippen LogP contribution in [-0.4, -0.2) is 37.9 Å². The van der Waals surface area contributed by atoms with Gasteiger partial charge in [-0.3, -0.25) is 19.7 Å². The van der Waals surface area contributed by atoms with Gasteiger partial charge in [0.2, 0.25) is 10.0 Å². The number of hydrogen-bond acceptors (Lipinski definition) is 7. The molecule has 2 aromatic rings. The number of nitro groups is 1. The maximum atomic E-state index is 13.1. The molecule has 0 heterocycles. The number of nitrogens with one attached hydrogen (secondary N) is 2. The number of carbonyl (C=O) groups excluding carboxylic acids is 2. The van der Waals surface area contributed by atoms with Crippen LogP contribution in [0.25, 0.3) is 0 Å². The molecule has 12 heteroatoms. The predicted molar refractivity (Wildman–Crippen MR) is 104 cm³/mol. The standard InChI is InChI=1S/C18H18FN3O7S/c1-11-3-6-14(7-4-11)30(27,28)21-12(2)18(24)29-10-17(23)20-15-8-5-13(19)9-16(15)22(25)26/h3-9,12,21H,10H2,1-2H3,(H,20,23)/t12-/m0/s1. The zero-order valence-corrected chi connectivity index (χ0v) is 16.7. The number of rotatable bonds is 8. The number of benzene rings is 2. The van der Waals surface area contributed by atoms with Crippen molar-refractivity contribution in [2.45, 2.75) is 24.8 Å². The third-order valence-electron chi connectivity index (χ3n) is 3.79. The van der Waals surface area contributed by atoms with Gasteiger partial charge in [-0.1, -0.05) is 17.7 Å². The number of hydrogen-bond donors (Lipinski definition) is 2. The van der Waals surface area contributed by atoms with Gasteiger partial charge in [-0.2, -0.15) is 4.72 Å². The molecule has 0 aliphatic heterocycles. The summed E-state index contributed by atoms with van der Waals surface area (Å²) in [5, 5.41) is 13.0. The van der Waals surface area contributed by atoms with E-state index in [-0.39, 0.29) is 10.6 Å². The SMILES string of the molecule is Cc1ccc(S(=O)(=O)N[C@@H](C)C(=O)OCC(=O)Nc2ccc(F)cc2[N+](=O)[O-])cc1. The van der Waals surface area contributed by atoms with Crippen LogP contribution in [0.3, 0.4) is 0 Å². The van der Waals surface area contributed by atoms with Gasteiger partial charge in [0, 0.05) is 0 Å². The summed E-state index contributed by atoms with van der Waals surface area (Å²) >= 11 is 0. The fourth-order valence-corrected chi connectivity index (χ4v) is 3.47. The van der Waals surface area contributed by atoms with Crippen LogP contribution in [0.15, 0.2) is 47.4 Å². The van der Waals surface area contributed by atoms with Crippen LogP contribution in [0.1, 0.15) is 12.5 Å². The van der Waals surface area contributed by atoms with E-state index in [4.69, 9.17) is 4.74 Å². The van der Waals surface area contributed by atoms with Crippen LogP contribution in [-0.2, 0) is 24.3 Å². The molecule has 10 nitrogen and oxygen atoms in total. The molecule has 1 amide bonds. The highest BCUT2D eigenvalue weighted by molar-refractivity contribution is 7.89. The largest absolute Gasteiger partial charge is 0.454 e. The van der Waals surface area contributed by atoms with E-state index in [1.54, 1.807) is 19.1 Å². The first-order valence-electron chi connectivity index (χ1n) is 8.49. The second-order valence-corrected chi connectivity index (χ2v) is 7.94. The molecule has 0 saturated heterocycles. The molecular weight excluding hydrogens is 421 g/mol. The first-order chi connectivity index (χ1) is 14.0. The topological polar surface area (TPSA) is 145 Å². The molecule has 160 valence electrons. The normalized spacial score (nSPS) is 12.1. The zero-order valence-electron chi connectivity index (χ0n) is 15.9. The number of ether oxygens (including phenoxy) is 1. The zero-order chi connectivity index (χ0) is 22.5. The molecule has 2 N–H and O–H groups in total. The average molecular weight is 439 g/mol. The molecule has 0 bridgehead atoms. The van der Waals surface area contributed by atoms with Gasteiger partial charge < -0.3 is 10.1 Å². The monoisotopic (exact) mass is 439 g/mol. The Balaban J connectivity index is 1.94. The lowest BCUT2D eigenvalue weighted by molar-refractivity contribution is -0.384. The maximum absolute atomic E-state index is 13.1. The minimum atomic E-state index is -3.99. The van der Waals surface area contributed by atoms with Crippen LogP contribution in [0.4, 0.5) is 15.8 Å². The van der Waals surface area contributed by atoms with Gasteiger partial charge in [0.05, 0.1) is 15.9 Å². The van der Waals surface area contributed by atoms with Crippen molar-refractivity contribution in [3.8, 4) is 0 Å². The summed E-state index contributed by atoms with van der Waals surface area (Å²) in [6, 6.07) is 7.17. The molecule has 0 fully saturated rings. The molecule has 30 heavy (non-hydrogen) atoms. The molecule has 0 aliphatic carbocycles. The molecule has 0 aromatic heterocycles. The number of carbonyl (C=O) groups is 2. The van der Waals surface area contributed by atoms with E-state index in [1.165, 1.54) is 19.1 Å². The molecular formula is C18H18FN3O7S. The van der Waals surface area contributed by atoms with E-state index in [1.807, 2.05) is 0 Å². The highest BCUT2D eigenvalue weighted by Crippen LogP contribution is 2.24. The summed E-state index contributed by atoms with van der Waals surface area (Å²) in [5.74, 6) is -2.82. The first-order valence-corrected chi connectivity index (χ1v) is 9.97. The lowest BCUT2D eigenvalue weighted by Crippen LogP contribution is -2.40. The van der Waals surface area contributed by atoms with Gasteiger partial charge in [-0.05, 0) is 38.1 Å². The second kappa shape index (κ2) is 9.41. The van der Waals surface area contributed by atoms with Gasteiger partial charge in [-0.25, -0.2) is 12.8 Å². The van der Waals surface area contributed by atoms with Gasteiger partial charge in [0.15, 0.2) is 6.61 Å². The van der Waals surface area contributed by atoms with Gasteiger partial charge in [0.1, 0.15) is 17.5 Å². The number of sulfonamides is 1. The third kappa shape index (κ3) is 6.06. The summed E-state index contributed by atoms with van der Waals surface area (Å²) in [4.78, 5) is 33.9. The Labute approximate surface area is 171 Å². The van der Waals surface area contributed by atoms with Crippen molar-refractivity contribution in [1.82, 2.24) is 4.72 Å². The van der Waals surface area contributed by atoms with Crippen LogP contribution in [0.2, 0.25) is 0 Å². The number of aryl methyl sites for hydroxylation is 1. The molecule has 1 atom stereocenters. The number of anilines is 1. The smallest absolute Gasteiger partial charge is 0.324 e. The lowest BCUT2D eigenvalue weighted by atomic mass is 10.2. The molecule has 0 spiro atoms. The quantitative estimate of drug-likeness (QED) is 0.363. The number of nitrogens with zero attached hydrogens (tertiary/aromatic N) is 1. The Morgan fingerprint density at radius 2 is 1.83 bits per heavy atom. The highest BCUT2D eigenvalue weighted by Gasteiger charge is 2.24. The molecule has 0 unspecified atom stereocenters. The number of esters is 1. The van der Waals surface area contributed by atoms with E-state index < -0.39 is 51.0 Å². The van der Waals surface area contributed by atoms with E-state index in [0.29, 0.717) is 6.07 Å². The molecule has 0 radical (unpaired) electrons. The second-order valence-electron chi connectivity index (χ2n) is 6.23. The van der Waals surface area contributed by atoms with E-state index in [9.17, 15) is 32.5 Å². The summed E-state index contributed by atoms with van der Waals surface area (Å²) in [6.07, 6.45) is 0. The van der Waals surface area contributed by atoms with Crippen molar-refractivity contribution in [2.75, 3.05) is 11.9 Å². The number of nitro benzene ring substituents is 1.